The van der Waals surface area contributed by atoms with Crippen LogP contribution in [0.3, 0.4) is 0 Å². The molecule has 15 heavy (non-hydrogen) atoms. The number of unbranched alkanes of at least 4 members (excludes halogenated alkanes) is 2. The molecule has 0 heterocycles. The standard InChI is InChI=1S/C12H24BrNO/c1-6-7-8-9-14(10(2)3)11(15)12(4,5)13/h10H,6-9H2,1-5H3. The molecule has 2 nitrogen and oxygen atoms in total. The van der Waals surface area contributed by atoms with Crippen LogP contribution in [-0.2, 0) is 4.79 Å². The highest BCUT2D eigenvalue weighted by molar-refractivity contribution is 9.10. The van der Waals surface area contributed by atoms with E-state index in [1.807, 2.05) is 18.7 Å². The average molecular weight is 278 g/mol. The molecule has 90 valence electrons. The van der Waals surface area contributed by atoms with Crippen molar-refractivity contribution in [2.24, 2.45) is 0 Å². The number of nitrogens with zero attached hydrogens (tertiary/aromatic N) is 1. The summed E-state index contributed by atoms with van der Waals surface area (Å²) in [6.07, 6.45) is 3.49. The molecule has 0 rings (SSSR count). The van der Waals surface area contributed by atoms with Gasteiger partial charge >= 0.3 is 0 Å². The predicted octanol–water partition coefficient (Wildman–Crippen LogP) is 3.59. The summed E-state index contributed by atoms with van der Waals surface area (Å²) < 4.78 is -0.441. The molecule has 0 aromatic carbocycles. The molecule has 0 aliphatic rings. The number of alkyl halides is 1. The van der Waals surface area contributed by atoms with E-state index in [2.05, 4.69) is 36.7 Å². The lowest BCUT2D eigenvalue weighted by Gasteiger charge is -2.31. The van der Waals surface area contributed by atoms with Crippen molar-refractivity contribution in [1.29, 1.82) is 0 Å². The van der Waals surface area contributed by atoms with Gasteiger partial charge in [0.25, 0.3) is 0 Å². The highest BCUT2D eigenvalue weighted by atomic mass is 79.9. The lowest BCUT2D eigenvalue weighted by Crippen LogP contribution is -2.45. The molecule has 0 saturated carbocycles. The van der Waals surface area contributed by atoms with Crippen LogP contribution >= 0.6 is 15.9 Å². The topological polar surface area (TPSA) is 20.3 Å². The van der Waals surface area contributed by atoms with Crippen LogP contribution in [0.2, 0.25) is 0 Å². The summed E-state index contributed by atoms with van der Waals surface area (Å²) in [6.45, 7) is 11.0. The summed E-state index contributed by atoms with van der Waals surface area (Å²) in [7, 11) is 0. The summed E-state index contributed by atoms with van der Waals surface area (Å²) in [5, 5.41) is 0. The van der Waals surface area contributed by atoms with Gasteiger partial charge in [-0.3, -0.25) is 4.79 Å². The van der Waals surface area contributed by atoms with Gasteiger partial charge in [0, 0.05) is 12.6 Å². The van der Waals surface area contributed by atoms with Gasteiger partial charge in [-0.2, -0.15) is 0 Å². The van der Waals surface area contributed by atoms with Crippen LogP contribution < -0.4 is 0 Å². The Bertz CT molecular complexity index is 196. The van der Waals surface area contributed by atoms with Gasteiger partial charge in [0.05, 0.1) is 4.32 Å². The molecule has 0 aromatic rings. The fraction of sp³-hybridized carbons (Fsp3) is 0.917. The van der Waals surface area contributed by atoms with Crippen molar-refractivity contribution in [3.8, 4) is 0 Å². The second-order valence-corrected chi connectivity index (χ2v) is 6.75. The van der Waals surface area contributed by atoms with E-state index < -0.39 is 4.32 Å². The molecular weight excluding hydrogens is 254 g/mol. The SMILES string of the molecule is CCCCCN(C(=O)C(C)(C)Br)C(C)C. The molecule has 0 aromatic heterocycles. The van der Waals surface area contributed by atoms with E-state index in [1.54, 1.807) is 0 Å². The smallest absolute Gasteiger partial charge is 0.239 e. The number of hydrogen-bond donors (Lipinski definition) is 0. The van der Waals surface area contributed by atoms with Crippen LogP contribution in [0, 0.1) is 0 Å². The minimum atomic E-state index is -0.441. The molecule has 0 aliphatic carbocycles. The highest BCUT2D eigenvalue weighted by Gasteiger charge is 2.29. The Balaban J connectivity index is 4.33. The van der Waals surface area contributed by atoms with Crippen molar-refractivity contribution in [3.63, 3.8) is 0 Å². The fourth-order valence-corrected chi connectivity index (χ4v) is 1.70. The van der Waals surface area contributed by atoms with Crippen molar-refractivity contribution < 1.29 is 4.79 Å². The molecular formula is C12H24BrNO. The molecule has 0 saturated heterocycles. The first-order chi connectivity index (χ1) is 6.80. The Hall–Kier alpha value is -0.0500. The van der Waals surface area contributed by atoms with E-state index in [-0.39, 0.29) is 11.9 Å². The first-order valence-electron chi connectivity index (χ1n) is 5.80. The predicted molar refractivity (Wildman–Crippen MR) is 69.4 cm³/mol. The van der Waals surface area contributed by atoms with Gasteiger partial charge in [-0.15, -0.1) is 0 Å². The quantitative estimate of drug-likeness (QED) is 0.537. The van der Waals surface area contributed by atoms with Crippen LogP contribution in [0.15, 0.2) is 0 Å². The Morgan fingerprint density at radius 1 is 1.33 bits per heavy atom. The van der Waals surface area contributed by atoms with E-state index in [9.17, 15) is 4.79 Å². The van der Waals surface area contributed by atoms with Gasteiger partial charge in [0.2, 0.25) is 5.91 Å². The van der Waals surface area contributed by atoms with E-state index in [4.69, 9.17) is 0 Å². The van der Waals surface area contributed by atoms with Gasteiger partial charge < -0.3 is 4.90 Å². The molecule has 0 fully saturated rings. The van der Waals surface area contributed by atoms with Crippen LogP contribution in [0.25, 0.3) is 0 Å². The number of amides is 1. The summed E-state index contributed by atoms with van der Waals surface area (Å²) in [5.74, 6) is 0.189. The van der Waals surface area contributed by atoms with Crippen LogP contribution in [0.4, 0.5) is 0 Å². The summed E-state index contributed by atoms with van der Waals surface area (Å²) in [6, 6.07) is 0.284. The third-order valence-corrected chi connectivity index (χ3v) is 2.73. The molecule has 0 atom stereocenters. The third-order valence-electron chi connectivity index (χ3n) is 2.40. The summed E-state index contributed by atoms with van der Waals surface area (Å²) in [5.41, 5.74) is 0. The first-order valence-corrected chi connectivity index (χ1v) is 6.60. The van der Waals surface area contributed by atoms with Gasteiger partial charge in [0.1, 0.15) is 0 Å². The zero-order valence-electron chi connectivity index (χ0n) is 10.6. The maximum atomic E-state index is 12.1. The van der Waals surface area contributed by atoms with Crippen molar-refractivity contribution in [1.82, 2.24) is 4.90 Å². The van der Waals surface area contributed by atoms with Crippen molar-refractivity contribution in [2.75, 3.05) is 6.54 Å². The second-order valence-electron chi connectivity index (χ2n) is 4.77. The number of hydrogen-bond acceptors (Lipinski definition) is 1. The second kappa shape index (κ2) is 6.51. The van der Waals surface area contributed by atoms with Crippen molar-refractivity contribution in [3.05, 3.63) is 0 Å². The normalized spacial score (nSPS) is 11.9. The Kier molecular flexibility index (Phi) is 6.49. The van der Waals surface area contributed by atoms with Crippen LogP contribution in [0.1, 0.15) is 53.9 Å². The maximum absolute atomic E-state index is 12.1. The molecule has 3 heteroatoms. The number of rotatable bonds is 6. The third kappa shape index (κ3) is 5.55. The Morgan fingerprint density at radius 2 is 1.87 bits per heavy atom. The van der Waals surface area contributed by atoms with Crippen molar-refractivity contribution >= 4 is 21.8 Å². The van der Waals surface area contributed by atoms with Gasteiger partial charge in [-0.1, -0.05) is 35.7 Å². The monoisotopic (exact) mass is 277 g/mol. The number of halogens is 1. The van der Waals surface area contributed by atoms with E-state index in [0.717, 1.165) is 13.0 Å². The summed E-state index contributed by atoms with van der Waals surface area (Å²) >= 11 is 3.43. The number of carbonyl (C=O) groups is 1. The molecule has 0 aliphatic heterocycles. The number of carbonyl (C=O) groups excluding carboxylic acids is 1. The molecule has 0 spiro atoms. The minimum absolute atomic E-state index is 0.189. The van der Waals surface area contributed by atoms with E-state index in [1.165, 1.54) is 12.8 Å². The van der Waals surface area contributed by atoms with Gasteiger partial charge in [0.15, 0.2) is 0 Å². The molecule has 0 unspecified atom stereocenters. The minimum Gasteiger partial charge on any atom is -0.339 e. The fourth-order valence-electron chi connectivity index (χ4n) is 1.47. The van der Waals surface area contributed by atoms with E-state index >= 15 is 0 Å². The molecule has 0 radical (unpaired) electrons. The molecule has 0 bridgehead atoms. The average Bonchev–Trinajstić information content (AvgIpc) is 2.09. The Labute approximate surface area is 103 Å². The van der Waals surface area contributed by atoms with Crippen molar-refractivity contribution in [2.45, 2.75) is 64.2 Å². The zero-order valence-corrected chi connectivity index (χ0v) is 12.2. The lowest BCUT2D eigenvalue weighted by molar-refractivity contribution is -0.134. The largest absolute Gasteiger partial charge is 0.339 e. The van der Waals surface area contributed by atoms with Crippen LogP contribution in [0.5, 0.6) is 0 Å². The zero-order chi connectivity index (χ0) is 12.1. The first kappa shape index (κ1) is 14.9. The molecule has 1 amide bonds. The Morgan fingerprint density at radius 3 is 2.20 bits per heavy atom. The molecule has 0 N–H and O–H groups in total. The summed E-state index contributed by atoms with van der Waals surface area (Å²) in [4.78, 5) is 14.0. The van der Waals surface area contributed by atoms with Gasteiger partial charge in [-0.25, -0.2) is 0 Å². The van der Waals surface area contributed by atoms with Crippen LogP contribution in [-0.4, -0.2) is 27.7 Å². The maximum Gasteiger partial charge on any atom is 0.239 e. The van der Waals surface area contributed by atoms with Gasteiger partial charge in [-0.05, 0) is 34.1 Å². The van der Waals surface area contributed by atoms with E-state index in [0.29, 0.717) is 0 Å². The lowest BCUT2D eigenvalue weighted by atomic mass is 10.1. The highest BCUT2D eigenvalue weighted by Crippen LogP contribution is 2.21.